The number of hydrogen-bond donors (Lipinski definition) is 0. The largest absolute Gasteiger partial charge is 0.462 e. The van der Waals surface area contributed by atoms with E-state index in [1.807, 2.05) is 6.08 Å². The van der Waals surface area contributed by atoms with E-state index < -0.39 is 0 Å². The zero-order valence-electron chi connectivity index (χ0n) is 14.8. The number of hydrogen-bond acceptors (Lipinski definition) is 2. The number of carbonyl (C=O) groups is 1. The third-order valence-corrected chi connectivity index (χ3v) is 5.74. The van der Waals surface area contributed by atoms with Gasteiger partial charge in [0.15, 0.2) is 0 Å². The maximum Gasteiger partial charge on any atom is 0.309 e. The van der Waals surface area contributed by atoms with Crippen LogP contribution in [0.15, 0.2) is 24.8 Å². The fourth-order valence-electron chi connectivity index (χ4n) is 4.11. The second-order valence-corrected chi connectivity index (χ2v) is 7.47. The molecule has 0 N–H and O–H groups in total. The Balaban J connectivity index is 1.65. The molecule has 0 saturated heterocycles. The average Bonchev–Trinajstić information content (AvgIpc) is 2.59. The van der Waals surface area contributed by atoms with Crippen LogP contribution in [0.25, 0.3) is 0 Å². The van der Waals surface area contributed by atoms with Crippen LogP contribution in [0.2, 0.25) is 0 Å². The Morgan fingerprint density at radius 3 is 2.30 bits per heavy atom. The SMILES string of the molecule is C=CCCC1CCC(C(=O)OC2CCC(CC=CC)CC2)CC1. The molecule has 0 heterocycles. The van der Waals surface area contributed by atoms with E-state index in [0.717, 1.165) is 43.9 Å². The van der Waals surface area contributed by atoms with Gasteiger partial charge >= 0.3 is 5.97 Å². The van der Waals surface area contributed by atoms with Gasteiger partial charge in [0.25, 0.3) is 0 Å². The van der Waals surface area contributed by atoms with Crippen molar-refractivity contribution in [2.24, 2.45) is 17.8 Å². The third-order valence-electron chi connectivity index (χ3n) is 5.74. The van der Waals surface area contributed by atoms with Crippen LogP contribution in [-0.2, 0) is 9.53 Å². The Labute approximate surface area is 142 Å². The average molecular weight is 319 g/mol. The summed E-state index contributed by atoms with van der Waals surface area (Å²) in [6.07, 6.45) is 19.1. The normalized spacial score (nSPS) is 31.9. The minimum Gasteiger partial charge on any atom is -0.462 e. The summed E-state index contributed by atoms with van der Waals surface area (Å²) < 4.78 is 5.83. The first-order valence-corrected chi connectivity index (χ1v) is 9.65. The summed E-state index contributed by atoms with van der Waals surface area (Å²) >= 11 is 0. The Morgan fingerprint density at radius 1 is 1.04 bits per heavy atom. The summed E-state index contributed by atoms with van der Waals surface area (Å²) in [6.45, 7) is 5.88. The molecule has 0 atom stereocenters. The zero-order valence-corrected chi connectivity index (χ0v) is 14.8. The summed E-state index contributed by atoms with van der Waals surface area (Å²) in [5.74, 6) is 1.83. The molecule has 0 unspecified atom stereocenters. The van der Waals surface area contributed by atoms with E-state index in [0.29, 0.717) is 0 Å². The van der Waals surface area contributed by atoms with Crippen molar-refractivity contribution in [2.75, 3.05) is 0 Å². The number of allylic oxidation sites excluding steroid dienone is 3. The van der Waals surface area contributed by atoms with Crippen molar-refractivity contribution >= 4 is 5.97 Å². The molecule has 130 valence electrons. The topological polar surface area (TPSA) is 26.3 Å². The number of ether oxygens (including phenoxy) is 1. The molecule has 2 fully saturated rings. The van der Waals surface area contributed by atoms with Crippen molar-refractivity contribution in [1.82, 2.24) is 0 Å². The molecule has 0 spiro atoms. The molecule has 0 aliphatic heterocycles. The highest BCUT2D eigenvalue weighted by atomic mass is 16.5. The summed E-state index contributed by atoms with van der Waals surface area (Å²) in [5, 5.41) is 0. The van der Waals surface area contributed by atoms with E-state index in [4.69, 9.17) is 4.74 Å². The zero-order chi connectivity index (χ0) is 16.5. The summed E-state index contributed by atoms with van der Waals surface area (Å²) in [7, 11) is 0. The molecule has 0 bridgehead atoms. The first-order chi connectivity index (χ1) is 11.2. The van der Waals surface area contributed by atoms with Crippen LogP contribution < -0.4 is 0 Å². The van der Waals surface area contributed by atoms with E-state index in [2.05, 4.69) is 25.7 Å². The highest BCUT2D eigenvalue weighted by Crippen LogP contribution is 2.34. The molecule has 2 aliphatic rings. The molecular weight excluding hydrogens is 284 g/mol. The molecule has 0 aromatic rings. The number of esters is 1. The molecular formula is C21H34O2. The highest BCUT2D eigenvalue weighted by molar-refractivity contribution is 5.72. The highest BCUT2D eigenvalue weighted by Gasteiger charge is 2.30. The maximum atomic E-state index is 12.4. The predicted molar refractivity (Wildman–Crippen MR) is 96.1 cm³/mol. The lowest BCUT2D eigenvalue weighted by Crippen LogP contribution is -2.30. The molecule has 0 aromatic carbocycles. The quantitative estimate of drug-likeness (QED) is 0.436. The van der Waals surface area contributed by atoms with Gasteiger partial charge in [0.1, 0.15) is 6.10 Å². The van der Waals surface area contributed by atoms with Crippen molar-refractivity contribution in [3.8, 4) is 0 Å². The van der Waals surface area contributed by atoms with Gasteiger partial charge in [0.05, 0.1) is 5.92 Å². The fraction of sp³-hybridized carbons (Fsp3) is 0.762. The lowest BCUT2D eigenvalue weighted by molar-refractivity contribution is -0.157. The predicted octanol–water partition coefficient (Wildman–Crippen LogP) is 5.83. The van der Waals surface area contributed by atoms with Crippen LogP contribution in [0.1, 0.15) is 77.6 Å². The van der Waals surface area contributed by atoms with E-state index in [-0.39, 0.29) is 18.0 Å². The van der Waals surface area contributed by atoms with Crippen molar-refractivity contribution in [3.63, 3.8) is 0 Å². The Morgan fingerprint density at radius 2 is 1.70 bits per heavy atom. The second-order valence-electron chi connectivity index (χ2n) is 7.47. The van der Waals surface area contributed by atoms with Gasteiger partial charge < -0.3 is 4.74 Å². The number of carbonyl (C=O) groups excluding carboxylic acids is 1. The molecule has 2 heteroatoms. The van der Waals surface area contributed by atoms with E-state index >= 15 is 0 Å². The summed E-state index contributed by atoms with van der Waals surface area (Å²) in [4.78, 5) is 12.4. The standard InChI is InChI=1S/C21H34O2/c1-3-5-7-17-9-13-19(14-10-17)21(22)23-20-15-11-18(12-16-20)8-6-4-2/h3-4,6,17-20H,1,5,7-16H2,2H3. The van der Waals surface area contributed by atoms with Gasteiger partial charge in [-0.2, -0.15) is 0 Å². The van der Waals surface area contributed by atoms with E-state index in [1.165, 1.54) is 38.5 Å². The minimum absolute atomic E-state index is 0.0871. The molecule has 0 amide bonds. The van der Waals surface area contributed by atoms with Crippen molar-refractivity contribution in [1.29, 1.82) is 0 Å². The minimum atomic E-state index is 0.0871. The molecule has 2 rings (SSSR count). The summed E-state index contributed by atoms with van der Waals surface area (Å²) in [5.41, 5.74) is 0. The van der Waals surface area contributed by atoms with Crippen LogP contribution in [0.4, 0.5) is 0 Å². The van der Waals surface area contributed by atoms with Crippen LogP contribution in [-0.4, -0.2) is 12.1 Å². The molecule has 2 nitrogen and oxygen atoms in total. The van der Waals surface area contributed by atoms with Crippen molar-refractivity contribution < 1.29 is 9.53 Å². The third kappa shape index (κ3) is 6.16. The lowest BCUT2D eigenvalue weighted by Gasteiger charge is -2.31. The van der Waals surface area contributed by atoms with E-state index in [9.17, 15) is 4.79 Å². The molecule has 2 saturated carbocycles. The fourth-order valence-corrected chi connectivity index (χ4v) is 4.11. The van der Waals surface area contributed by atoms with Crippen molar-refractivity contribution in [3.05, 3.63) is 24.8 Å². The van der Waals surface area contributed by atoms with E-state index in [1.54, 1.807) is 0 Å². The van der Waals surface area contributed by atoms with Gasteiger partial charge in [-0.3, -0.25) is 4.79 Å². The molecule has 0 aromatic heterocycles. The van der Waals surface area contributed by atoms with Crippen LogP contribution in [0.3, 0.4) is 0 Å². The van der Waals surface area contributed by atoms with Gasteiger partial charge in [0, 0.05) is 0 Å². The van der Waals surface area contributed by atoms with Gasteiger partial charge in [-0.1, -0.05) is 18.2 Å². The lowest BCUT2D eigenvalue weighted by atomic mass is 9.80. The number of rotatable bonds is 7. The van der Waals surface area contributed by atoms with Gasteiger partial charge in [-0.05, 0) is 89.4 Å². The molecule has 0 radical (unpaired) electrons. The van der Waals surface area contributed by atoms with Gasteiger partial charge in [-0.15, -0.1) is 6.58 Å². The van der Waals surface area contributed by atoms with Gasteiger partial charge in [0.2, 0.25) is 0 Å². The van der Waals surface area contributed by atoms with Gasteiger partial charge in [-0.25, -0.2) is 0 Å². The Bertz CT molecular complexity index is 383. The molecule has 2 aliphatic carbocycles. The monoisotopic (exact) mass is 318 g/mol. The van der Waals surface area contributed by atoms with Crippen molar-refractivity contribution in [2.45, 2.75) is 83.7 Å². The smallest absolute Gasteiger partial charge is 0.309 e. The molecule has 23 heavy (non-hydrogen) atoms. The van der Waals surface area contributed by atoms with Crippen LogP contribution in [0.5, 0.6) is 0 Å². The first kappa shape index (κ1) is 18.3. The maximum absolute atomic E-state index is 12.4. The van der Waals surface area contributed by atoms with Crippen LogP contribution in [0, 0.1) is 17.8 Å². The Hall–Kier alpha value is -1.05. The first-order valence-electron chi connectivity index (χ1n) is 9.65. The second kappa shape index (κ2) is 9.95. The summed E-state index contributed by atoms with van der Waals surface area (Å²) in [6, 6.07) is 0. The Kier molecular flexibility index (Phi) is 7.91. The van der Waals surface area contributed by atoms with Crippen LogP contribution >= 0.6 is 0 Å².